The summed E-state index contributed by atoms with van der Waals surface area (Å²) in [5.41, 5.74) is 0. The molecule has 0 aromatic carbocycles. The Morgan fingerprint density at radius 3 is 1.22 bits per heavy atom. The summed E-state index contributed by atoms with van der Waals surface area (Å²) in [6, 6.07) is -0.855. The molecule has 2 N–H and O–H groups in total. The highest BCUT2D eigenvalue weighted by atomic mass is 31.2. The van der Waals surface area contributed by atoms with Gasteiger partial charge in [0.1, 0.15) is 19.3 Å². The molecule has 0 heterocycles. The minimum absolute atomic E-state index is 0.0373. The maximum absolute atomic E-state index is 13.6. The van der Waals surface area contributed by atoms with Crippen molar-refractivity contribution < 1.29 is 37.3 Å². The quantitative estimate of drug-likeness (QED) is 0.0205. The number of unbranched alkanes of at least 4 members (excludes halogenated alkanes) is 35. The SMILES string of the molecule is CCCCC/C=C\C/C=C\C/C=C\CCCCCCCCCCC(=O)NC(COP(=O)(O)OCC[N+](C)(C)C)C(/C=C\CCCCCCCCCCCCC)OC(=O)CCCCCCCCC/C=C/CCCCCCCC. The third-order valence-electron chi connectivity index (χ3n) is 14.4. The van der Waals surface area contributed by atoms with Crippen molar-refractivity contribution in [3.63, 3.8) is 0 Å². The number of amides is 1. The second-order valence-corrected chi connectivity index (χ2v) is 24.7. The number of phosphoric acid groups is 1. The van der Waals surface area contributed by atoms with Gasteiger partial charge < -0.3 is 19.4 Å². The van der Waals surface area contributed by atoms with Gasteiger partial charge in [0.2, 0.25) is 5.91 Å². The smallest absolute Gasteiger partial charge is 0.456 e. The molecule has 0 aromatic heterocycles. The zero-order valence-electron chi connectivity index (χ0n) is 51.5. The predicted molar refractivity (Wildman–Crippen MR) is 332 cm³/mol. The van der Waals surface area contributed by atoms with Crippen molar-refractivity contribution in [2.24, 2.45) is 0 Å². The maximum atomic E-state index is 13.6. The van der Waals surface area contributed by atoms with Crippen LogP contribution in [0.15, 0.2) is 60.8 Å². The summed E-state index contributed by atoms with van der Waals surface area (Å²) in [5, 5.41) is 3.06. The largest absolute Gasteiger partial charge is 0.472 e. The molecule has 0 aromatic rings. The number of nitrogens with one attached hydrogen (secondary N) is 1. The van der Waals surface area contributed by atoms with Crippen LogP contribution in [-0.4, -0.2) is 74.3 Å². The standard InChI is InChI=1S/C67H125N2O7P/c1-7-10-13-16-19-22-25-28-30-32-33-34-35-37-38-41-44-47-50-53-56-59-66(70)68-64(63-75-77(72,73)74-62-61-69(4,5)6)65(58-55-52-49-46-43-40-27-24-21-18-15-12-9-3)76-67(71)60-57-54-51-48-45-42-39-36-31-29-26-23-20-17-14-11-8-2/h19,22,28-31,33-34,55,58,64-65H,7-18,20-21,23-27,32,35-54,56-57,59-63H2,1-6H3,(H-,68,70,72,73)/p+1/b22-19-,30-28-,31-29+,34-33-,58-55-. The number of esters is 1. The summed E-state index contributed by atoms with van der Waals surface area (Å²) in [4.78, 5) is 37.8. The number of carbonyl (C=O) groups is 2. The topological polar surface area (TPSA) is 111 Å². The molecule has 77 heavy (non-hydrogen) atoms. The molecule has 0 rings (SSSR count). The van der Waals surface area contributed by atoms with Crippen LogP contribution in [0.25, 0.3) is 0 Å². The average Bonchev–Trinajstić information content (AvgIpc) is 3.39. The lowest BCUT2D eigenvalue weighted by Crippen LogP contribution is -2.47. The number of quaternary nitrogens is 1. The van der Waals surface area contributed by atoms with E-state index in [4.69, 9.17) is 13.8 Å². The number of hydrogen-bond acceptors (Lipinski definition) is 6. The zero-order chi connectivity index (χ0) is 56.4. The van der Waals surface area contributed by atoms with Crippen LogP contribution < -0.4 is 5.32 Å². The molecule has 0 bridgehead atoms. The monoisotopic (exact) mass is 1100 g/mol. The summed E-state index contributed by atoms with van der Waals surface area (Å²) in [5.74, 6) is -0.511. The van der Waals surface area contributed by atoms with E-state index in [-0.39, 0.29) is 31.5 Å². The minimum atomic E-state index is -4.45. The summed E-state index contributed by atoms with van der Waals surface area (Å²) in [6.45, 7) is 7.00. The maximum Gasteiger partial charge on any atom is 0.472 e. The van der Waals surface area contributed by atoms with E-state index in [0.29, 0.717) is 17.4 Å². The summed E-state index contributed by atoms with van der Waals surface area (Å²) in [6.07, 6.45) is 72.1. The number of likely N-dealkylation sites (N-methyl/N-ethyl adjacent to an activating group) is 1. The van der Waals surface area contributed by atoms with Crippen molar-refractivity contribution in [1.82, 2.24) is 5.32 Å². The van der Waals surface area contributed by atoms with Crippen LogP contribution in [0.4, 0.5) is 0 Å². The second kappa shape index (κ2) is 57.0. The lowest BCUT2D eigenvalue weighted by molar-refractivity contribution is -0.870. The Bertz CT molecular complexity index is 1500. The van der Waals surface area contributed by atoms with Gasteiger partial charge in [0, 0.05) is 12.8 Å². The van der Waals surface area contributed by atoms with Gasteiger partial charge in [-0.25, -0.2) is 4.57 Å². The van der Waals surface area contributed by atoms with Crippen LogP contribution in [0.5, 0.6) is 0 Å². The van der Waals surface area contributed by atoms with Crippen molar-refractivity contribution in [2.45, 2.75) is 315 Å². The van der Waals surface area contributed by atoms with E-state index >= 15 is 0 Å². The molecule has 450 valence electrons. The van der Waals surface area contributed by atoms with E-state index in [0.717, 1.165) is 83.5 Å². The third kappa shape index (κ3) is 58.2. The fourth-order valence-electron chi connectivity index (χ4n) is 9.35. The number of nitrogens with zero attached hydrogens (tertiary/aromatic N) is 1. The van der Waals surface area contributed by atoms with Crippen molar-refractivity contribution in [3.8, 4) is 0 Å². The molecule has 3 atom stereocenters. The van der Waals surface area contributed by atoms with Gasteiger partial charge in [0.25, 0.3) is 0 Å². The Labute approximate surface area is 477 Å². The van der Waals surface area contributed by atoms with Crippen LogP contribution in [0.2, 0.25) is 0 Å². The van der Waals surface area contributed by atoms with Crippen LogP contribution in [0.1, 0.15) is 303 Å². The molecule has 0 aliphatic carbocycles. The first kappa shape index (κ1) is 74.7. The first-order valence-corrected chi connectivity index (χ1v) is 34.1. The number of carbonyl (C=O) groups excluding carboxylic acids is 2. The molecule has 9 nitrogen and oxygen atoms in total. The fourth-order valence-corrected chi connectivity index (χ4v) is 10.1. The second-order valence-electron chi connectivity index (χ2n) is 23.3. The molecule has 0 fully saturated rings. The molecular weight excluding hydrogens is 976 g/mol. The van der Waals surface area contributed by atoms with Crippen molar-refractivity contribution in [3.05, 3.63) is 60.8 Å². The number of allylic oxidation sites excluding steroid dienone is 9. The highest BCUT2D eigenvalue weighted by Crippen LogP contribution is 2.43. The Hall–Kier alpha value is -2.29. The highest BCUT2D eigenvalue weighted by Gasteiger charge is 2.30. The number of phosphoric ester groups is 1. The van der Waals surface area contributed by atoms with Gasteiger partial charge in [-0.15, -0.1) is 0 Å². The number of hydrogen-bond donors (Lipinski definition) is 2. The van der Waals surface area contributed by atoms with Gasteiger partial charge >= 0.3 is 13.8 Å². The van der Waals surface area contributed by atoms with Gasteiger partial charge in [-0.05, 0) is 96.0 Å². The summed E-state index contributed by atoms with van der Waals surface area (Å²) >= 11 is 0. The van der Waals surface area contributed by atoms with Crippen LogP contribution in [0.3, 0.4) is 0 Å². The predicted octanol–water partition coefficient (Wildman–Crippen LogP) is 20.2. The highest BCUT2D eigenvalue weighted by molar-refractivity contribution is 7.47. The van der Waals surface area contributed by atoms with Gasteiger partial charge in [-0.3, -0.25) is 18.6 Å². The normalized spacial score (nSPS) is 14.0. The molecule has 0 saturated carbocycles. The molecule has 0 aliphatic rings. The molecule has 1 amide bonds. The molecule has 0 spiro atoms. The first-order valence-electron chi connectivity index (χ1n) is 32.6. The first-order chi connectivity index (χ1) is 37.4. The lowest BCUT2D eigenvalue weighted by atomic mass is 10.0. The molecule has 0 aliphatic heterocycles. The molecule has 3 unspecified atom stereocenters. The Morgan fingerprint density at radius 1 is 0.455 bits per heavy atom. The van der Waals surface area contributed by atoms with Gasteiger partial charge in [-0.2, -0.15) is 0 Å². The molecule has 0 saturated heterocycles. The zero-order valence-corrected chi connectivity index (χ0v) is 52.3. The van der Waals surface area contributed by atoms with Gasteiger partial charge in [-0.1, -0.05) is 255 Å². The van der Waals surface area contributed by atoms with E-state index in [1.807, 2.05) is 33.3 Å². The Balaban J connectivity index is 5.25. The number of ether oxygens (including phenoxy) is 1. The minimum Gasteiger partial charge on any atom is -0.456 e. The van der Waals surface area contributed by atoms with Crippen molar-refractivity contribution in [1.29, 1.82) is 0 Å². The Morgan fingerprint density at radius 2 is 0.792 bits per heavy atom. The van der Waals surface area contributed by atoms with E-state index in [1.54, 1.807) is 0 Å². The van der Waals surface area contributed by atoms with Crippen molar-refractivity contribution >= 4 is 19.7 Å². The van der Waals surface area contributed by atoms with E-state index in [1.165, 1.54) is 186 Å². The van der Waals surface area contributed by atoms with E-state index < -0.39 is 20.0 Å². The fraction of sp³-hybridized carbons (Fsp3) is 0.821. The Kier molecular flexibility index (Phi) is 55.3. The third-order valence-corrected chi connectivity index (χ3v) is 15.4. The lowest BCUT2D eigenvalue weighted by Gasteiger charge is -2.27. The van der Waals surface area contributed by atoms with Crippen LogP contribution in [-0.2, 0) is 27.9 Å². The van der Waals surface area contributed by atoms with E-state index in [2.05, 4.69) is 74.7 Å². The van der Waals surface area contributed by atoms with Gasteiger partial charge in [0.05, 0.1) is 33.8 Å². The van der Waals surface area contributed by atoms with E-state index in [9.17, 15) is 19.0 Å². The molecular formula is C67H126N2O7P+. The van der Waals surface area contributed by atoms with Gasteiger partial charge in [0.15, 0.2) is 0 Å². The van der Waals surface area contributed by atoms with Crippen LogP contribution >= 0.6 is 7.82 Å². The molecule has 10 heteroatoms. The molecule has 0 radical (unpaired) electrons. The van der Waals surface area contributed by atoms with Crippen LogP contribution in [0, 0.1) is 0 Å². The number of rotatable bonds is 59. The summed E-state index contributed by atoms with van der Waals surface area (Å²) in [7, 11) is 1.49. The summed E-state index contributed by atoms with van der Waals surface area (Å²) < 4.78 is 30.8. The van der Waals surface area contributed by atoms with Crippen molar-refractivity contribution in [2.75, 3.05) is 40.9 Å². The average molecular weight is 1100 g/mol.